The molecule has 1 heterocycles. The molecule has 0 aromatic heterocycles. The second kappa shape index (κ2) is 13.3. The number of alkyl carbamates (subject to hydrolysis) is 1. The van der Waals surface area contributed by atoms with E-state index in [0.29, 0.717) is 6.42 Å². The van der Waals surface area contributed by atoms with Crippen molar-refractivity contribution in [1.82, 2.24) is 10.6 Å². The van der Waals surface area contributed by atoms with Gasteiger partial charge in [-0.15, -0.1) is 0 Å². The van der Waals surface area contributed by atoms with Crippen LogP contribution in [0.4, 0.5) is 13.6 Å². The highest BCUT2D eigenvalue weighted by molar-refractivity contribution is 6.31. The normalized spacial score (nSPS) is 26.0. The average molecular weight is 639 g/mol. The van der Waals surface area contributed by atoms with Crippen LogP contribution in [0.15, 0.2) is 36.4 Å². The Bertz CT molecular complexity index is 1360. The molecule has 1 saturated carbocycles. The molecule has 1 aliphatic heterocycles. The number of carbonyl (C=O) groups is 1. The number of carbonyl (C=O) groups excluding carboxylic acids is 1. The molecule has 0 unspecified atom stereocenters. The number of hydrogen-bond donors (Lipinski definition) is 4. The third-order valence-electron chi connectivity index (χ3n) is 9.08. The van der Waals surface area contributed by atoms with Crippen molar-refractivity contribution >= 4 is 29.3 Å². The first kappa shape index (κ1) is 33.4. The Morgan fingerprint density at radius 3 is 2.56 bits per heavy atom. The summed E-state index contributed by atoms with van der Waals surface area (Å²) in [7, 11) is 0. The standard InChI is InChI=1S/C32H39Cl2F2N3O4/c1-30(2,42)25(40)12-15-38-29(41)43-28-26(20-8-7-9-22(34)27(20)36)32(18-37,21-11-10-19(33)16-23(21)35)24(39-28)17-31(3)13-5-4-6-14-31/h7-11,16,24-26,28,39-40,42H,4-6,12-15,17H2,1-3H3,(H,38,41)/t24-,25-,26-,28+,32-/m0/s1. The van der Waals surface area contributed by atoms with Gasteiger partial charge >= 0.3 is 6.09 Å². The van der Waals surface area contributed by atoms with Crippen molar-refractivity contribution in [1.29, 1.82) is 5.26 Å². The zero-order valence-corrected chi connectivity index (χ0v) is 26.1. The molecule has 0 spiro atoms. The molecule has 0 radical (unpaired) electrons. The predicted molar refractivity (Wildman–Crippen MR) is 161 cm³/mol. The molecule has 11 heteroatoms. The fourth-order valence-electron chi connectivity index (χ4n) is 6.68. The van der Waals surface area contributed by atoms with Crippen LogP contribution < -0.4 is 10.6 Å². The van der Waals surface area contributed by atoms with Crippen molar-refractivity contribution in [2.75, 3.05) is 6.54 Å². The van der Waals surface area contributed by atoms with Crippen LogP contribution in [0, 0.1) is 28.4 Å². The van der Waals surface area contributed by atoms with E-state index < -0.39 is 53.0 Å². The van der Waals surface area contributed by atoms with Gasteiger partial charge in [0, 0.05) is 23.2 Å². The summed E-state index contributed by atoms with van der Waals surface area (Å²) < 4.78 is 37.4. The van der Waals surface area contributed by atoms with Gasteiger partial charge in [0.15, 0.2) is 6.23 Å². The van der Waals surface area contributed by atoms with E-state index >= 15 is 8.78 Å². The van der Waals surface area contributed by atoms with Crippen LogP contribution in [0.3, 0.4) is 0 Å². The quantitative estimate of drug-likeness (QED) is 0.243. The van der Waals surface area contributed by atoms with Crippen molar-refractivity contribution in [2.24, 2.45) is 5.41 Å². The van der Waals surface area contributed by atoms with E-state index in [9.17, 15) is 20.3 Å². The molecular weight excluding hydrogens is 599 g/mol. The Labute approximate surface area is 261 Å². The minimum Gasteiger partial charge on any atom is -0.430 e. The maximum atomic E-state index is 15.8. The highest BCUT2D eigenvalue weighted by Gasteiger charge is 2.61. The fraction of sp³-hybridized carbons (Fsp3) is 0.562. The van der Waals surface area contributed by atoms with Crippen LogP contribution >= 0.6 is 23.2 Å². The van der Waals surface area contributed by atoms with Gasteiger partial charge in [-0.3, -0.25) is 5.32 Å². The number of halogens is 4. The molecule has 4 rings (SSSR count). The highest BCUT2D eigenvalue weighted by atomic mass is 35.5. The maximum absolute atomic E-state index is 15.8. The number of rotatable bonds is 9. The second-order valence-electron chi connectivity index (χ2n) is 12.7. The molecule has 1 saturated heterocycles. The van der Waals surface area contributed by atoms with Crippen LogP contribution in [0.1, 0.15) is 82.8 Å². The summed E-state index contributed by atoms with van der Waals surface area (Å²) in [6.45, 7) is 5.02. The van der Waals surface area contributed by atoms with Crippen molar-refractivity contribution in [3.63, 3.8) is 0 Å². The Morgan fingerprint density at radius 1 is 1.23 bits per heavy atom. The molecule has 1 amide bonds. The molecule has 234 valence electrons. The largest absolute Gasteiger partial charge is 0.430 e. The Kier molecular flexibility index (Phi) is 10.3. The molecule has 2 aromatic carbocycles. The van der Waals surface area contributed by atoms with E-state index in [4.69, 9.17) is 27.9 Å². The lowest BCUT2D eigenvalue weighted by atomic mass is 9.61. The summed E-state index contributed by atoms with van der Waals surface area (Å²) in [5.74, 6) is -2.72. The van der Waals surface area contributed by atoms with Crippen LogP contribution in [0.2, 0.25) is 10.0 Å². The van der Waals surface area contributed by atoms with Gasteiger partial charge in [0.05, 0.1) is 28.7 Å². The third kappa shape index (κ3) is 7.10. The summed E-state index contributed by atoms with van der Waals surface area (Å²) in [6.07, 6.45) is 2.19. The first-order valence-electron chi connectivity index (χ1n) is 14.6. The van der Waals surface area contributed by atoms with Crippen LogP contribution in [0.5, 0.6) is 0 Å². The molecule has 2 aliphatic rings. The summed E-state index contributed by atoms with van der Waals surface area (Å²) >= 11 is 12.3. The van der Waals surface area contributed by atoms with E-state index in [0.717, 1.165) is 38.2 Å². The van der Waals surface area contributed by atoms with Gasteiger partial charge in [0.2, 0.25) is 0 Å². The molecular formula is C32H39Cl2F2N3O4. The molecule has 2 fully saturated rings. The van der Waals surface area contributed by atoms with Gasteiger partial charge in [-0.25, -0.2) is 13.6 Å². The van der Waals surface area contributed by atoms with Gasteiger partial charge in [-0.2, -0.15) is 5.26 Å². The number of nitrogens with zero attached hydrogens (tertiary/aromatic N) is 1. The number of benzene rings is 2. The SMILES string of the molecule is CC1(C[C@@H]2N[C@H](OC(=O)NCC[C@H](O)C(C)(C)O)[C@H](c3cccc(Cl)c3F)[C@@]2(C#N)c2ccc(Cl)cc2F)CCCCC1. The van der Waals surface area contributed by atoms with E-state index in [-0.39, 0.29) is 39.6 Å². The zero-order chi connectivity index (χ0) is 31.6. The lowest BCUT2D eigenvalue weighted by Crippen LogP contribution is -2.46. The Balaban J connectivity index is 1.79. The topological polar surface area (TPSA) is 115 Å². The van der Waals surface area contributed by atoms with E-state index in [2.05, 4.69) is 23.6 Å². The first-order valence-corrected chi connectivity index (χ1v) is 15.4. The molecule has 0 bridgehead atoms. The van der Waals surface area contributed by atoms with Crippen molar-refractivity contribution in [3.8, 4) is 6.07 Å². The second-order valence-corrected chi connectivity index (χ2v) is 13.6. The van der Waals surface area contributed by atoms with Crippen LogP contribution in [0.25, 0.3) is 0 Å². The van der Waals surface area contributed by atoms with Gasteiger partial charge in [-0.1, -0.05) is 67.6 Å². The predicted octanol–water partition coefficient (Wildman–Crippen LogP) is 6.72. The summed E-state index contributed by atoms with van der Waals surface area (Å²) in [5, 5.41) is 36.9. The number of hydrogen-bond acceptors (Lipinski definition) is 6. The minimum absolute atomic E-state index is 0.00227. The van der Waals surface area contributed by atoms with Crippen LogP contribution in [-0.4, -0.2) is 46.8 Å². The smallest absolute Gasteiger partial charge is 0.408 e. The Hall–Kier alpha value is -2.48. The zero-order valence-electron chi connectivity index (χ0n) is 24.6. The summed E-state index contributed by atoms with van der Waals surface area (Å²) in [6, 6.07) is 10.0. The monoisotopic (exact) mass is 637 g/mol. The lowest BCUT2D eigenvalue weighted by Gasteiger charge is -2.41. The Morgan fingerprint density at radius 2 is 1.93 bits per heavy atom. The molecule has 5 atom stereocenters. The number of aliphatic hydroxyl groups excluding tert-OH is 1. The highest BCUT2D eigenvalue weighted by Crippen LogP contribution is 2.54. The average Bonchev–Trinajstić information content (AvgIpc) is 3.22. The third-order valence-corrected chi connectivity index (χ3v) is 9.61. The van der Waals surface area contributed by atoms with Crippen molar-refractivity contribution < 1.29 is 28.5 Å². The van der Waals surface area contributed by atoms with E-state index in [1.54, 1.807) is 0 Å². The molecule has 1 aliphatic carbocycles. The molecule has 7 nitrogen and oxygen atoms in total. The summed E-state index contributed by atoms with van der Waals surface area (Å²) in [5.41, 5.74) is -3.26. The summed E-state index contributed by atoms with van der Waals surface area (Å²) in [4.78, 5) is 13.1. The number of amides is 1. The van der Waals surface area contributed by atoms with Gasteiger partial charge in [0.1, 0.15) is 17.0 Å². The lowest BCUT2D eigenvalue weighted by molar-refractivity contribution is -0.0509. The number of aliphatic hydroxyl groups is 2. The molecule has 43 heavy (non-hydrogen) atoms. The molecule has 4 N–H and O–H groups in total. The van der Waals surface area contributed by atoms with E-state index in [1.807, 2.05) is 0 Å². The fourth-order valence-corrected chi connectivity index (χ4v) is 7.02. The van der Waals surface area contributed by atoms with E-state index in [1.165, 1.54) is 44.2 Å². The number of nitriles is 1. The van der Waals surface area contributed by atoms with Gasteiger partial charge < -0.3 is 20.3 Å². The number of ether oxygens (including phenoxy) is 1. The van der Waals surface area contributed by atoms with Crippen molar-refractivity contribution in [2.45, 2.75) is 101 Å². The molecule has 2 aromatic rings. The minimum atomic E-state index is -1.72. The van der Waals surface area contributed by atoms with Crippen LogP contribution in [-0.2, 0) is 10.2 Å². The number of nitrogens with one attached hydrogen (secondary N) is 2. The maximum Gasteiger partial charge on any atom is 0.408 e. The van der Waals surface area contributed by atoms with Gasteiger partial charge in [0.25, 0.3) is 0 Å². The van der Waals surface area contributed by atoms with Crippen molar-refractivity contribution in [3.05, 3.63) is 69.2 Å². The first-order chi connectivity index (χ1) is 20.2. The van der Waals surface area contributed by atoms with Gasteiger partial charge in [-0.05, 0) is 68.7 Å².